The molecule has 94 valence electrons. The summed E-state index contributed by atoms with van der Waals surface area (Å²) in [5.41, 5.74) is 0. The largest absolute Gasteiger partial charge is 0.481 e. The molecule has 0 saturated carbocycles. The summed E-state index contributed by atoms with van der Waals surface area (Å²) >= 11 is 0. The molecule has 0 aliphatic carbocycles. The number of rotatable bonds is 8. The molecule has 0 aliphatic rings. The lowest BCUT2D eigenvalue weighted by Crippen LogP contribution is -2.41. The van der Waals surface area contributed by atoms with Crippen LogP contribution in [-0.4, -0.2) is 61.9 Å². The second-order valence-corrected chi connectivity index (χ2v) is 3.34. The lowest BCUT2D eigenvalue weighted by Gasteiger charge is -2.24. The fourth-order valence-electron chi connectivity index (χ4n) is 1.12. The molecule has 16 heavy (non-hydrogen) atoms. The van der Waals surface area contributed by atoms with Crippen LogP contribution >= 0.6 is 0 Å². The van der Waals surface area contributed by atoms with E-state index in [1.165, 1.54) is 19.1 Å². The van der Waals surface area contributed by atoms with E-state index in [0.717, 1.165) is 0 Å². The third kappa shape index (κ3) is 5.67. The van der Waals surface area contributed by atoms with Crippen molar-refractivity contribution in [2.24, 2.45) is 0 Å². The summed E-state index contributed by atoms with van der Waals surface area (Å²) < 4.78 is 9.76. The van der Waals surface area contributed by atoms with E-state index in [2.05, 4.69) is 0 Å². The molecule has 0 aromatic rings. The van der Waals surface area contributed by atoms with Crippen LogP contribution in [0.25, 0.3) is 0 Å². The molecule has 0 radical (unpaired) electrons. The van der Waals surface area contributed by atoms with Gasteiger partial charge in [0.2, 0.25) is 0 Å². The van der Waals surface area contributed by atoms with E-state index in [4.69, 9.17) is 14.6 Å². The molecule has 6 nitrogen and oxygen atoms in total. The number of aliphatic carboxylic acids is 1. The SMILES string of the molecule is COCCN(CCC(=O)O)C(=O)C(C)OC. The van der Waals surface area contributed by atoms with Crippen LogP contribution in [0.3, 0.4) is 0 Å². The summed E-state index contributed by atoms with van der Waals surface area (Å²) in [5.74, 6) is -1.15. The Hall–Kier alpha value is -1.14. The minimum atomic E-state index is -0.930. The van der Waals surface area contributed by atoms with Crippen LogP contribution in [0, 0.1) is 0 Å². The summed E-state index contributed by atoms with van der Waals surface area (Å²) in [6.45, 7) is 2.55. The molecule has 0 rings (SSSR count). The van der Waals surface area contributed by atoms with Crippen molar-refractivity contribution in [3.8, 4) is 0 Å². The molecular weight excluding hydrogens is 214 g/mol. The topological polar surface area (TPSA) is 76.1 Å². The number of hydrogen-bond acceptors (Lipinski definition) is 4. The molecular formula is C10H19NO5. The first-order valence-electron chi connectivity index (χ1n) is 5.05. The van der Waals surface area contributed by atoms with Crippen molar-refractivity contribution in [3.05, 3.63) is 0 Å². The molecule has 6 heteroatoms. The highest BCUT2D eigenvalue weighted by molar-refractivity contribution is 5.81. The van der Waals surface area contributed by atoms with Crippen LogP contribution in [0.4, 0.5) is 0 Å². The number of methoxy groups -OCH3 is 2. The first-order chi connectivity index (χ1) is 7.52. The Bertz CT molecular complexity index is 231. The first-order valence-corrected chi connectivity index (χ1v) is 5.05. The van der Waals surface area contributed by atoms with Gasteiger partial charge in [0.1, 0.15) is 6.10 Å². The third-order valence-corrected chi connectivity index (χ3v) is 2.17. The van der Waals surface area contributed by atoms with Crippen molar-refractivity contribution in [3.63, 3.8) is 0 Å². The summed E-state index contributed by atoms with van der Waals surface area (Å²) in [4.78, 5) is 23.6. The van der Waals surface area contributed by atoms with Gasteiger partial charge in [0.15, 0.2) is 0 Å². The lowest BCUT2D eigenvalue weighted by atomic mass is 10.3. The van der Waals surface area contributed by atoms with Crippen molar-refractivity contribution in [1.29, 1.82) is 0 Å². The molecule has 0 spiro atoms. The van der Waals surface area contributed by atoms with Gasteiger partial charge in [-0.1, -0.05) is 0 Å². The van der Waals surface area contributed by atoms with E-state index in [1.807, 2.05) is 0 Å². The maximum atomic E-state index is 11.7. The van der Waals surface area contributed by atoms with Gasteiger partial charge in [-0.25, -0.2) is 0 Å². The lowest BCUT2D eigenvalue weighted by molar-refractivity contribution is -0.143. The number of hydrogen-bond donors (Lipinski definition) is 1. The van der Waals surface area contributed by atoms with Crippen molar-refractivity contribution in [2.45, 2.75) is 19.4 Å². The maximum absolute atomic E-state index is 11.7. The van der Waals surface area contributed by atoms with E-state index in [0.29, 0.717) is 13.2 Å². The van der Waals surface area contributed by atoms with Gasteiger partial charge >= 0.3 is 5.97 Å². The number of ether oxygens (including phenoxy) is 2. The Morgan fingerprint density at radius 1 is 1.31 bits per heavy atom. The predicted molar refractivity (Wildman–Crippen MR) is 57.2 cm³/mol. The Morgan fingerprint density at radius 2 is 1.94 bits per heavy atom. The van der Waals surface area contributed by atoms with Crippen LogP contribution in [0.2, 0.25) is 0 Å². The second-order valence-electron chi connectivity index (χ2n) is 3.34. The molecule has 1 atom stereocenters. The molecule has 0 bridgehead atoms. The third-order valence-electron chi connectivity index (χ3n) is 2.17. The molecule has 0 aliphatic heterocycles. The molecule has 0 aromatic heterocycles. The smallest absolute Gasteiger partial charge is 0.305 e. The molecule has 0 fully saturated rings. The molecule has 1 unspecified atom stereocenters. The Labute approximate surface area is 95.1 Å². The van der Waals surface area contributed by atoms with Gasteiger partial charge in [-0.15, -0.1) is 0 Å². The van der Waals surface area contributed by atoms with Gasteiger partial charge in [0.25, 0.3) is 5.91 Å². The highest BCUT2D eigenvalue weighted by Crippen LogP contribution is 2.00. The number of carboxylic acid groups (broad SMARTS) is 1. The number of nitrogens with zero attached hydrogens (tertiary/aromatic N) is 1. The van der Waals surface area contributed by atoms with Crippen molar-refractivity contribution in [2.75, 3.05) is 33.9 Å². The minimum Gasteiger partial charge on any atom is -0.481 e. The maximum Gasteiger partial charge on any atom is 0.305 e. The summed E-state index contributed by atoms with van der Waals surface area (Å²) in [6, 6.07) is 0. The summed E-state index contributed by atoms with van der Waals surface area (Å²) in [6.07, 6.45) is -0.642. The quantitative estimate of drug-likeness (QED) is 0.637. The van der Waals surface area contributed by atoms with Crippen LogP contribution in [0.15, 0.2) is 0 Å². The Balaban J connectivity index is 4.28. The predicted octanol–water partition coefficient (Wildman–Crippen LogP) is -0.0290. The zero-order chi connectivity index (χ0) is 12.6. The summed E-state index contributed by atoms with van der Waals surface area (Å²) in [5, 5.41) is 8.56. The van der Waals surface area contributed by atoms with Gasteiger partial charge in [0, 0.05) is 27.3 Å². The molecule has 1 N–H and O–H groups in total. The second kappa shape index (κ2) is 8.06. The zero-order valence-electron chi connectivity index (χ0n) is 9.93. The van der Waals surface area contributed by atoms with Crippen LogP contribution in [0.1, 0.15) is 13.3 Å². The van der Waals surface area contributed by atoms with Gasteiger partial charge in [-0.05, 0) is 6.92 Å². The van der Waals surface area contributed by atoms with Gasteiger partial charge < -0.3 is 19.5 Å². The molecule has 0 saturated heterocycles. The van der Waals surface area contributed by atoms with E-state index >= 15 is 0 Å². The number of carbonyl (C=O) groups is 2. The van der Waals surface area contributed by atoms with Crippen molar-refractivity contribution in [1.82, 2.24) is 4.90 Å². The minimum absolute atomic E-state index is 0.0775. The Kier molecular flexibility index (Phi) is 7.49. The number of carbonyl (C=O) groups excluding carboxylic acids is 1. The average Bonchev–Trinajstić information content (AvgIpc) is 2.27. The highest BCUT2D eigenvalue weighted by Gasteiger charge is 2.20. The molecule has 0 heterocycles. The van der Waals surface area contributed by atoms with Crippen molar-refractivity contribution < 1.29 is 24.2 Å². The molecule has 1 amide bonds. The van der Waals surface area contributed by atoms with Gasteiger partial charge in [-0.2, -0.15) is 0 Å². The normalized spacial score (nSPS) is 12.2. The highest BCUT2D eigenvalue weighted by atomic mass is 16.5. The van der Waals surface area contributed by atoms with Gasteiger partial charge in [0.05, 0.1) is 13.0 Å². The van der Waals surface area contributed by atoms with Crippen LogP contribution in [-0.2, 0) is 19.1 Å². The van der Waals surface area contributed by atoms with E-state index in [9.17, 15) is 9.59 Å². The standard InChI is InChI=1S/C10H19NO5/c1-8(16-3)10(14)11(6-7-15-2)5-4-9(12)13/h8H,4-7H2,1-3H3,(H,12,13). The van der Waals surface area contributed by atoms with Crippen LogP contribution in [0.5, 0.6) is 0 Å². The van der Waals surface area contributed by atoms with E-state index in [-0.39, 0.29) is 18.9 Å². The van der Waals surface area contributed by atoms with Crippen molar-refractivity contribution >= 4 is 11.9 Å². The zero-order valence-corrected chi connectivity index (χ0v) is 9.93. The van der Waals surface area contributed by atoms with Gasteiger partial charge in [-0.3, -0.25) is 9.59 Å². The summed E-state index contributed by atoms with van der Waals surface area (Å²) in [7, 11) is 2.97. The van der Waals surface area contributed by atoms with E-state index < -0.39 is 12.1 Å². The van der Waals surface area contributed by atoms with Crippen LogP contribution < -0.4 is 0 Å². The monoisotopic (exact) mass is 233 g/mol. The van der Waals surface area contributed by atoms with E-state index in [1.54, 1.807) is 6.92 Å². The fourth-order valence-corrected chi connectivity index (χ4v) is 1.12. The molecule has 0 aromatic carbocycles. The number of amides is 1. The average molecular weight is 233 g/mol. The first kappa shape index (κ1) is 14.9. The Morgan fingerprint density at radius 3 is 2.38 bits per heavy atom. The fraction of sp³-hybridized carbons (Fsp3) is 0.800. The number of carboxylic acids is 1.